The first-order valence-corrected chi connectivity index (χ1v) is 16.9. The first kappa shape index (κ1) is 33.1. The normalized spacial score (nSPS) is 28.0. The Morgan fingerprint density at radius 3 is 2.77 bits per heavy atom. The molecule has 2 fully saturated rings. The highest BCUT2D eigenvalue weighted by atomic mass is 19.1. The quantitative estimate of drug-likeness (QED) is 0.224. The topological polar surface area (TPSA) is 72.9 Å². The zero-order valence-corrected chi connectivity index (χ0v) is 27.8. The van der Waals surface area contributed by atoms with Crippen molar-refractivity contribution in [1.29, 1.82) is 0 Å². The summed E-state index contributed by atoms with van der Waals surface area (Å²) < 4.78 is 33.4. The lowest BCUT2D eigenvalue weighted by molar-refractivity contribution is -0.160. The van der Waals surface area contributed by atoms with Gasteiger partial charge in [-0.2, -0.15) is 0 Å². The van der Waals surface area contributed by atoms with E-state index in [1.807, 2.05) is 20.8 Å². The zero-order chi connectivity index (χ0) is 31.5. The van der Waals surface area contributed by atoms with Crippen LogP contribution in [0.2, 0.25) is 0 Å². The summed E-state index contributed by atoms with van der Waals surface area (Å²) in [6, 6.07) is 3.71. The minimum atomic E-state index is -0.675. The maximum Gasteiger partial charge on any atom is 0.328 e. The van der Waals surface area contributed by atoms with Crippen LogP contribution < -0.4 is 5.32 Å². The van der Waals surface area contributed by atoms with E-state index < -0.39 is 17.1 Å². The van der Waals surface area contributed by atoms with Gasteiger partial charge in [0.15, 0.2) is 0 Å². The van der Waals surface area contributed by atoms with Gasteiger partial charge in [-0.05, 0) is 128 Å². The third kappa shape index (κ3) is 8.10. The number of hydrogen-bond donors (Lipinski definition) is 1. The number of carbonyl (C=O) groups is 1. The fourth-order valence-electron chi connectivity index (χ4n) is 7.17. The molecule has 5 rings (SSSR count). The molecule has 1 aromatic rings. The van der Waals surface area contributed by atoms with E-state index in [9.17, 15) is 9.18 Å². The summed E-state index contributed by atoms with van der Waals surface area (Å²) in [7, 11) is 0. The molecule has 4 aliphatic rings. The molecule has 0 amide bonds. The standard InChI is InChI=1S/C36H54FN3O4/c1-34(2,3)44-33(41)31(29-23-26(37)16-19-36(29,6)30-12-8-10-22-43-30)40-20-17-28(24-40)42-21-9-7-11-27-14-13-25-15-18-35(4,5)39-32(25)38-27/h13-14,16,23,28,30-31H,7-12,15,17-22,24H2,1-6H3,(H,38,39)/t28-,30+,31?,36?/m1/s1. The van der Waals surface area contributed by atoms with Crippen molar-refractivity contribution in [3.8, 4) is 0 Å². The van der Waals surface area contributed by atoms with Crippen molar-refractivity contribution >= 4 is 11.8 Å². The third-order valence-electron chi connectivity index (χ3n) is 9.72. The van der Waals surface area contributed by atoms with E-state index in [1.165, 1.54) is 5.56 Å². The SMILES string of the molecule is CC1(C)CCc2ccc(CCCCO[C@@H]3CCN(C(C(=O)OC(C)(C)C)C4=CC(F)=CCC4(C)[C@@H]4CCCCO4)C3)nc2N1. The van der Waals surface area contributed by atoms with Gasteiger partial charge >= 0.3 is 5.97 Å². The number of anilines is 1. The number of rotatable bonds is 10. The first-order valence-electron chi connectivity index (χ1n) is 16.9. The van der Waals surface area contributed by atoms with E-state index in [1.54, 1.807) is 12.2 Å². The van der Waals surface area contributed by atoms with Gasteiger partial charge in [0.05, 0.1) is 12.2 Å². The minimum Gasteiger partial charge on any atom is -0.459 e. The van der Waals surface area contributed by atoms with Crippen LogP contribution in [0.15, 0.2) is 35.7 Å². The predicted molar refractivity (Wildman–Crippen MR) is 172 cm³/mol. The van der Waals surface area contributed by atoms with Crippen LogP contribution in [-0.2, 0) is 31.8 Å². The number of carbonyl (C=O) groups excluding carboxylic acids is 1. The van der Waals surface area contributed by atoms with Crippen LogP contribution in [0, 0.1) is 5.41 Å². The number of ether oxygens (including phenoxy) is 3. The van der Waals surface area contributed by atoms with Crippen molar-refractivity contribution in [2.24, 2.45) is 5.41 Å². The number of allylic oxidation sites excluding steroid dienone is 3. The van der Waals surface area contributed by atoms with Gasteiger partial charge in [-0.25, -0.2) is 14.2 Å². The van der Waals surface area contributed by atoms with Gasteiger partial charge in [-0.1, -0.05) is 13.0 Å². The van der Waals surface area contributed by atoms with E-state index in [0.29, 0.717) is 32.7 Å². The van der Waals surface area contributed by atoms with Crippen LogP contribution in [0.1, 0.15) is 104 Å². The highest BCUT2D eigenvalue weighted by molar-refractivity contribution is 5.81. The fourth-order valence-corrected chi connectivity index (χ4v) is 7.17. The average molecular weight is 612 g/mol. The van der Waals surface area contributed by atoms with E-state index in [4.69, 9.17) is 19.2 Å². The Hall–Kier alpha value is -2.29. The summed E-state index contributed by atoms with van der Waals surface area (Å²) in [5.41, 5.74) is 2.16. The summed E-state index contributed by atoms with van der Waals surface area (Å²) in [5.74, 6) is 0.425. The Kier molecular flexibility index (Phi) is 10.2. The van der Waals surface area contributed by atoms with Crippen LogP contribution in [0.25, 0.3) is 0 Å². The summed E-state index contributed by atoms with van der Waals surface area (Å²) in [6.45, 7) is 14.9. The molecule has 2 saturated heterocycles. The van der Waals surface area contributed by atoms with Crippen LogP contribution in [0.5, 0.6) is 0 Å². The van der Waals surface area contributed by atoms with Gasteiger partial charge < -0.3 is 19.5 Å². The molecular weight excluding hydrogens is 557 g/mol. The lowest BCUT2D eigenvalue weighted by Gasteiger charge is -2.46. The number of hydrogen-bond acceptors (Lipinski definition) is 7. The van der Waals surface area contributed by atoms with Crippen LogP contribution in [0.4, 0.5) is 10.2 Å². The number of nitrogens with one attached hydrogen (secondary N) is 1. The predicted octanol–water partition coefficient (Wildman–Crippen LogP) is 7.10. The molecule has 0 saturated carbocycles. The highest BCUT2D eigenvalue weighted by Crippen LogP contribution is 2.47. The molecule has 0 spiro atoms. The van der Waals surface area contributed by atoms with Crippen molar-refractivity contribution in [2.45, 2.75) is 135 Å². The van der Waals surface area contributed by atoms with Crippen LogP contribution >= 0.6 is 0 Å². The van der Waals surface area contributed by atoms with Gasteiger partial charge in [-0.3, -0.25) is 4.90 Å². The number of halogens is 1. The number of fused-ring (bicyclic) bond motifs is 1. The minimum absolute atomic E-state index is 0.0232. The number of nitrogens with zero attached hydrogens (tertiary/aromatic N) is 2. The molecule has 244 valence electrons. The maximum atomic E-state index is 14.9. The third-order valence-corrected chi connectivity index (χ3v) is 9.72. The van der Waals surface area contributed by atoms with E-state index in [2.05, 4.69) is 43.1 Å². The summed E-state index contributed by atoms with van der Waals surface area (Å²) in [5, 5.41) is 3.59. The molecule has 1 aromatic heterocycles. The van der Waals surface area contributed by atoms with Crippen molar-refractivity contribution in [2.75, 3.05) is 31.6 Å². The number of esters is 1. The maximum absolute atomic E-state index is 14.9. The Balaban J connectivity index is 1.19. The Morgan fingerprint density at radius 1 is 1.20 bits per heavy atom. The molecular formula is C36H54FN3O4. The van der Waals surface area contributed by atoms with Crippen molar-refractivity contribution in [3.63, 3.8) is 0 Å². The molecule has 44 heavy (non-hydrogen) atoms. The Bertz CT molecular complexity index is 1230. The zero-order valence-electron chi connectivity index (χ0n) is 27.8. The molecule has 4 heterocycles. The molecule has 1 aliphatic carbocycles. The summed E-state index contributed by atoms with van der Waals surface area (Å²) in [6.07, 6.45) is 12.6. The van der Waals surface area contributed by atoms with Gasteiger partial charge in [0.1, 0.15) is 23.3 Å². The smallest absolute Gasteiger partial charge is 0.328 e. The van der Waals surface area contributed by atoms with Crippen molar-refractivity contribution < 1.29 is 23.4 Å². The highest BCUT2D eigenvalue weighted by Gasteiger charge is 2.49. The summed E-state index contributed by atoms with van der Waals surface area (Å²) >= 11 is 0. The largest absolute Gasteiger partial charge is 0.459 e. The molecule has 2 unspecified atom stereocenters. The van der Waals surface area contributed by atoms with Gasteiger partial charge in [0.2, 0.25) is 0 Å². The van der Waals surface area contributed by atoms with E-state index >= 15 is 0 Å². The van der Waals surface area contributed by atoms with Gasteiger partial charge in [0, 0.05) is 43.0 Å². The van der Waals surface area contributed by atoms with Crippen LogP contribution in [-0.4, -0.2) is 71.5 Å². The number of likely N-dealkylation sites (tertiary alicyclic amines) is 1. The monoisotopic (exact) mass is 611 g/mol. The summed E-state index contributed by atoms with van der Waals surface area (Å²) in [4.78, 5) is 20.9. The lowest BCUT2D eigenvalue weighted by Crippen LogP contribution is -2.52. The number of pyridine rings is 1. The Labute approximate surface area is 264 Å². The van der Waals surface area contributed by atoms with E-state index in [-0.39, 0.29) is 29.5 Å². The van der Waals surface area contributed by atoms with Gasteiger partial charge in [-0.15, -0.1) is 0 Å². The fraction of sp³-hybridized carbons (Fsp3) is 0.722. The molecule has 3 aliphatic heterocycles. The number of aryl methyl sites for hydroxylation is 2. The second kappa shape index (κ2) is 13.6. The molecule has 0 radical (unpaired) electrons. The van der Waals surface area contributed by atoms with Crippen LogP contribution in [0.3, 0.4) is 0 Å². The molecule has 0 aromatic carbocycles. The van der Waals surface area contributed by atoms with Crippen molar-refractivity contribution in [3.05, 3.63) is 46.9 Å². The molecule has 7 nitrogen and oxygen atoms in total. The number of unbranched alkanes of at least 4 members (excludes halogenated alkanes) is 1. The number of aromatic nitrogens is 1. The average Bonchev–Trinajstić information content (AvgIpc) is 3.42. The van der Waals surface area contributed by atoms with E-state index in [0.717, 1.165) is 74.9 Å². The second-order valence-corrected chi connectivity index (χ2v) is 15.2. The first-order chi connectivity index (χ1) is 20.8. The molecule has 0 bridgehead atoms. The lowest BCUT2D eigenvalue weighted by atomic mass is 9.67. The second-order valence-electron chi connectivity index (χ2n) is 15.2. The molecule has 8 heteroatoms. The molecule has 1 N–H and O–H groups in total. The van der Waals surface area contributed by atoms with Crippen molar-refractivity contribution in [1.82, 2.24) is 9.88 Å². The Morgan fingerprint density at radius 2 is 2.02 bits per heavy atom. The molecule has 4 atom stereocenters. The van der Waals surface area contributed by atoms with Gasteiger partial charge in [0.25, 0.3) is 0 Å².